The molecule has 3 N–H and O–H groups in total. The number of halogens is 1. The quantitative estimate of drug-likeness (QED) is 0.542. The zero-order valence-electron chi connectivity index (χ0n) is 15.2. The van der Waals surface area contributed by atoms with E-state index < -0.39 is 5.60 Å². The highest BCUT2D eigenvalue weighted by atomic mass is 35.5. The highest BCUT2D eigenvalue weighted by Crippen LogP contribution is 2.26. The summed E-state index contributed by atoms with van der Waals surface area (Å²) in [4.78, 5) is 4.55. The van der Waals surface area contributed by atoms with Gasteiger partial charge >= 0.3 is 0 Å². The van der Waals surface area contributed by atoms with Crippen LogP contribution in [0.15, 0.2) is 39.7 Å². The van der Waals surface area contributed by atoms with E-state index in [0.29, 0.717) is 24.1 Å². The van der Waals surface area contributed by atoms with Gasteiger partial charge in [0.2, 0.25) is 0 Å². The van der Waals surface area contributed by atoms with E-state index in [2.05, 4.69) is 15.6 Å². The summed E-state index contributed by atoms with van der Waals surface area (Å²) < 4.78 is 5.53. The van der Waals surface area contributed by atoms with Crippen molar-refractivity contribution in [1.29, 1.82) is 0 Å². The Morgan fingerprint density at radius 1 is 1.28 bits per heavy atom. The molecule has 136 valence electrons. The van der Waals surface area contributed by atoms with Gasteiger partial charge in [0, 0.05) is 17.1 Å². The van der Waals surface area contributed by atoms with Crippen molar-refractivity contribution in [2.45, 2.75) is 39.8 Å². The summed E-state index contributed by atoms with van der Waals surface area (Å²) in [5.74, 6) is 2.15. The summed E-state index contributed by atoms with van der Waals surface area (Å²) in [5.41, 5.74) is 0.745. The summed E-state index contributed by atoms with van der Waals surface area (Å²) in [5, 5.41) is 17.9. The smallest absolute Gasteiger partial charge is 0.191 e. The van der Waals surface area contributed by atoms with Crippen LogP contribution in [0.25, 0.3) is 0 Å². The molecule has 1 atom stereocenters. The van der Waals surface area contributed by atoms with Gasteiger partial charge in [-0.15, -0.1) is 0 Å². The van der Waals surface area contributed by atoms with Gasteiger partial charge in [0.05, 0.1) is 13.1 Å². The van der Waals surface area contributed by atoms with Crippen LogP contribution in [-0.4, -0.2) is 24.2 Å². The number of furan rings is 1. The van der Waals surface area contributed by atoms with E-state index in [0.717, 1.165) is 29.2 Å². The number of aryl methyl sites for hydroxylation is 2. The van der Waals surface area contributed by atoms with Crippen LogP contribution in [0.4, 0.5) is 0 Å². The minimum absolute atomic E-state index is 0.314. The summed E-state index contributed by atoms with van der Waals surface area (Å²) >= 11 is 6.01. The van der Waals surface area contributed by atoms with Gasteiger partial charge in [-0.3, -0.25) is 0 Å². The normalized spacial score (nSPS) is 14.2. The van der Waals surface area contributed by atoms with Crippen LogP contribution < -0.4 is 10.6 Å². The summed E-state index contributed by atoms with van der Waals surface area (Å²) in [7, 11) is 0. The maximum absolute atomic E-state index is 10.8. The summed E-state index contributed by atoms with van der Waals surface area (Å²) in [6.07, 6.45) is 0. The molecule has 0 aliphatic heterocycles. The van der Waals surface area contributed by atoms with Crippen LogP contribution in [0.5, 0.6) is 0 Å². The average molecular weight is 364 g/mol. The Balaban J connectivity index is 2.05. The molecule has 1 aromatic heterocycles. The lowest BCUT2D eigenvalue weighted by atomic mass is 9.96. The molecular weight excluding hydrogens is 338 g/mol. The number of aliphatic imine (C=N–C) groups is 1. The first kappa shape index (κ1) is 19.3. The van der Waals surface area contributed by atoms with Crippen molar-refractivity contribution in [1.82, 2.24) is 10.6 Å². The highest BCUT2D eigenvalue weighted by molar-refractivity contribution is 6.30. The second kappa shape index (κ2) is 8.41. The van der Waals surface area contributed by atoms with Crippen LogP contribution in [-0.2, 0) is 12.1 Å². The maximum Gasteiger partial charge on any atom is 0.191 e. The van der Waals surface area contributed by atoms with Crippen LogP contribution >= 0.6 is 11.6 Å². The first-order valence-electron chi connectivity index (χ1n) is 8.38. The van der Waals surface area contributed by atoms with E-state index >= 15 is 0 Å². The number of nitrogens with one attached hydrogen (secondary N) is 2. The van der Waals surface area contributed by atoms with Crippen LogP contribution in [0.3, 0.4) is 0 Å². The summed E-state index contributed by atoms with van der Waals surface area (Å²) in [6.45, 7) is 9.03. The molecule has 0 fully saturated rings. The van der Waals surface area contributed by atoms with E-state index in [1.165, 1.54) is 0 Å². The molecule has 2 aromatic rings. The number of nitrogens with zero attached hydrogens (tertiary/aromatic N) is 1. The fraction of sp³-hybridized carbons (Fsp3) is 0.421. The lowest BCUT2D eigenvalue weighted by molar-refractivity contribution is 0.0601. The Kier molecular flexibility index (Phi) is 6.51. The minimum atomic E-state index is -1.06. The van der Waals surface area contributed by atoms with Gasteiger partial charge < -0.3 is 20.2 Å². The second-order valence-electron chi connectivity index (χ2n) is 6.28. The second-order valence-corrected chi connectivity index (χ2v) is 6.72. The van der Waals surface area contributed by atoms with Crippen LogP contribution in [0.1, 0.15) is 36.5 Å². The van der Waals surface area contributed by atoms with Crippen LogP contribution in [0.2, 0.25) is 5.02 Å². The molecule has 0 bridgehead atoms. The number of aliphatic hydroxyl groups is 1. The molecule has 0 aliphatic rings. The lowest BCUT2D eigenvalue weighted by Gasteiger charge is -2.24. The number of rotatable bonds is 6. The molecule has 0 radical (unpaired) electrons. The maximum atomic E-state index is 10.8. The number of benzene rings is 1. The number of hydrogen-bond acceptors (Lipinski definition) is 3. The third kappa shape index (κ3) is 5.51. The van der Waals surface area contributed by atoms with Gasteiger partial charge in [-0.1, -0.05) is 23.7 Å². The molecule has 2 rings (SSSR count). The molecule has 0 aliphatic carbocycles. The zero-order chi connectivity index (χ0) is 18.4. The molecule has 5 nitrogen and oxygen atoms in total. The third-order valence-corrected chi connectivity index (χ3v) is 4.11. The molecule has 1 heterocycles. The number of hydrogen-bond donors (Lipinski definition) is 3. The number of guanidine groups is 1. The first-order chi connectivity index (χ1) is 11.8. The predicted molar refractivity (Wildman–Crippen MR) is 102 cm³/mol. The first-order valence-corrected chi connectivity index (χ1v) is 8.76. The van der Waals surface area contributed by atoms with E-state index in [4.69, 9.17) is 16.0 Å². The van der Waals surface area contributed by atoms with Gasteiger partial charge in [-0.05, 0) is 51.5 Å². The average Bonchev–Trinajstić information content (AvgIpc) is 2.89. The SMILES string of the molecule is CCNC(=NCc1cccc(Cl)c1)NCC(C)(O)c1cc(C)oc1C. The standard InChI is InChI=1S/C19H26ClN3O2/c1-5-21-18(22-11-15-7-6-8-16(20)10-15)23-12-19(4,24)17-9-13(2)25-14(17)3/h6-10,24H,5,11-12H2,1-4H3,(H2,21,22,23). The fourth-order valence-corrected chi connectivity index (χ4v) is 2.88. The molecule has 1 unspecified atom stereocenters. The van der Waals surface area contributed by atoms with E-state index in [1.54, 1.807) is 6.92 Å². The minimum Gasteiger partial charge on any atom is -0.466 e. The van der Waals surface area contributed by atoms with Crippen molar-refractivity contribution in [3.8, 4) is 0 Å². The monoisotopic (exact) mass is 363 g/mol. The fourth-order valence-electron chi connectivity index (χ4n) is 2.66. The predicted octanol–water partition coefficient (Wildman–Crippen LogP) is 3.51. The van der Waals surface area contributed by atoms with Crippen molar-refractivity contribution >= 4 is 17.6 Å². The van der Waals surface area contributed by atoms with Crippen molar-refractivity contribution < 1.29 is 9.52 Å². The van der Waals surface area contributed by atoms with E-state index in [1.807, 2.05) is 51.1 Å². The van der Waals surface area contributed by atoms with Gasteiger partial charge in [-0.2, -0.15) is 0 Å². The Bertz CT molecular complexity index is 738. The molecule has 0 saturated heterocycles. The van der Waals surface area contributed by atoms with Crippen molar-refractivity contribution in [3.05, 3.63) is 58.0 Å². The molecular formula is C19H26ClN3O2. The van der Waals surface area contributed by atoms with Crippen LogP contribution in [0, 0.1) is 13.8 Å². The van der Waals surface area contributed by atoms with Crippen molar-refractivity contribution in [3.63, 3.8) is 0 Å². The van der Waals surface area contributed by atoms with E-state index in [-0.39, 0.29) is 0 Å². The molecule has 6 heteroatoms. The Labute approximate surface area is 154 Å². The Hall–Kier alpha value is -1.98. The molecule has 0 saturated carbocycles. The molecule has 0 spiro atoms. The molecule has 25 heavy (non-hydrogen) atoms. The van der Waals surface area contributed by atoms with Gasteiger partial charge in [0.25, 0.3) is 0 Å². The lowest BCUT2D eigenvalue weighted by Crippen LogP contribution is -2.44. The van der Waals surface area contributed by atoms with Crippen molar-refractivity contribution in [2.75, 3.05) is 13.1 Å². The van der Waals surface area contributed by atoms with E-state index in [9.17, 15) is 5.11 Å². The third-order valence-electron chi connectivity index (χ3n) is 3.87. The van der Waals surface area contributed by atoms with Gasteiger partial charge in [-0.25, -0.2) is 4.99 Å². The topological polar surface area (TPSA) is 69.8 Å². The highest BCUT2D eigenvalue weighted by Gasteiger charge is 2.27. The Morgan fingerprint density at radius 2 is 2.04 bits per heavy atom. The largest absolute Gasteiger partial charge is 0.466 e. The summed E-state index contributed by atoms with van der Waals surface area (Å²) in [6, 6.07) is 9.48. The molecule has 0 amide bonds. The Morgan fingerprint density at radius 3 is 2.64 bits per heavy atom. The van der Waals surface area contributed by atoms with Crippen molar-refractivity contribution in [2.24, 2.45) is 4.99 Å². The zero-order valence-corrected chi connectivity index (χ0v) is 15.9. The molecule has 1 aromatic carbocycles. The van der Waals surface area contributed by atoms with Gasteiger partial charge in [0.1, 0.15) is 17.1 Å². The van der Waals surface area contributed by atoms with Gasteiger partial charge in [0.15, 0.2) is 5.96 Å².